The number of nitrogens with zero attached hydrogens (tertiary/aromatic N) is 2. The molecule has 1 aliphatic rings. The molecule has 7 heteroatoms. The first-order valence-corrected chi connectivity index (χ1v) is 8.03. The lowest BCUT2D eigenvalue weighted by Gasteiger charge is -2.23. The predicted octanol–water partition coefficient (Wildman–Crippen LogP) is 3.16. The van der Waals surface area contributed by atoms with Crippen molar-refractivity contribution in [2.24, 2.45) is 5.10 Å². The van der Waals surface area contributed by atoms with Crippen LogP contribution < -0.4 is 5.32 Å². The van der Waals surface area contributed by atoms with Gasteiger partial charge in [0.15, 0.2) is 0 Å². The zero-order valence-electron chi connectivity index (χ0n) is 13.3. The second kappa shape index (κ2) is 7.51. The summed E-state index contributed by atoms with van der Waals surface area (Å²) in [6.45, 7) is 4.60. The second-order valence-electron chi connectivity index (χ2n) is 5.39. The van der Waals surface area contributed by atoms with E-state index in [2.05, 4.69) is 10.4 Å². The van der Waals surface area contributed by atoms with Crippen molar-refractivity contribution in [3.8, 4) is 0 Å². The van der Waals surface area contributed by atoms with Crippen molar-refractivity contribution in [2.75, 3.05) is 31.6 Å². The molecule has 1 aliphatic heterocycles. The molecule has 24 heavy (non-hydrogen) atoms. The Hall–Kier alpha value is -2.31. The highest BCUT2D eigenvalue weighted by molar-refractivity contribution is 6.33. The van der Waals surface area contributed by atoms with E-state index in [4.69, 9.17) is 20.8 Å². The molecule has 0 aliphatic carbocycles. The minimum absolute atomic E-state index is 0.223. The summed E-state index contributed by atoms with van der Waals surface area (Å²) in [6.07, 6.45) is 3.19. The van der Waals surface area contributed by atoms with Gasteiger partial charge in [0.05, 0.1) is 44.3 Å². The summed E-state index contributed by atoms with van der Waals surface area (Å²) in [6, 6.07) is 6.92. The molecule has 1 aromatic heterocycles. The first-order valence-electron chi connectivity index (χ1n) is 7.65. The number of ether oxygens (including phenoxy) is 1. The lowest BCUT2D eigenvalue weighted by atomic mass is 10.2. The summed E-state index contributed by atoms with van der Waals surface area (Å²) in [4.78, 5) is 12.2. The summed E-state index contributed by atoms with van der Waals surface area (Å²) >= 11 is 6.21. The minimum atomic E-state index is -0.223. The number of nitrogens with one attached hydrogen (secondary N) is 1. The Kier molecular flexibility index (Phi) is 5.17. The van der Waals surface area contributed by atoms with Crippen molar-refractivity contribution in [3.63, 3.8) is 0 Å². The summed E-state index contributed by atoms with van der Waals surface area (Å²) in [5.41, 5.74) is 1.90. The molecule has 6 nitrogen and oxygen atoms in total. The van der Waals surface area contributed by atoms with E-state index in [9.17, 15) is 4.79 Å². The number of carbonyl (C=O) groups is 1. The summed E-state index contributed by atoms with van der Waals surface area (Å²) in [7, 11) is 0. The fourth-order valence-corrected chi connectivity index (χ4v) is 2.52. The van der Waals surface area contributed by atoms with Gasteiger partial charge < -0.3 is 14.5 Å². The molecule has 2 aromatic rings. The number of amides is 1. The second-order valence-corrected chi connectivity index (χ2v) is 5.80. The van der Waals surface area contributed by atoms with Crippen LogP contribution in [0.3, 0.4) is 0 Å². The van der Waals surface area contributed by atoms with Crippen molar-refractivity contribution in [1.82, 2.24) is 5.01 Å². The number of anilines is 1. The predicted molar refractivity (Wildman–Crippen MR) is 92.8 cm³/mol. The van der Waals surface area contributed by atoms with E-state index in [1.165, 1.54) is 6.26 Å². The van der Waals surface area contributed by atoms with E-state index in [1.807, 2.05) is 5.01 Å². The fourth-order valence-electron chi connectivity index (χ4n) is 2.35. The maximum Gasteiger partial charge on any atom is 0.259 e. The molecule has 3 rings (SSSR count). The van der Waals surface area contributed by atoms with Crippen LogP contribution in [0.5, 0.6) is 0 Å². The van der Waals surface area contributed by atoms with Crippen LogP contribution in [0.4, 0.5) is 5.69 Å². The molecule has 0 unspecified atom stereocenters. The molecular weight excluding hydrogens is 330 g/mol. The quantitative estimate of drug-likeness (QED) is 0.863. The van der Waals surface area contributed by atoms with E-state index in [0.717, 1.165) is 18.7 Å². The lowest BCUT2D eigenvalue weighted by Crippen LogP contribution is -2.32. The van der Waals surface area contributed by atoms with Crippen molar-refractivity contribution in [3.05, 3.63) is 52.4 Å². The number of aryl methyl sites for hydroxylation is 1. The van der Waals surface area contributed by atoms with Gasteiger partial charge in [-0.3, -0.25) is 9.80 Å². The molecule has 0 saturated carbocycles. The number of hydrazone groups is 1. The van der Waals surface area contributed by atoms with Crippen molar-refractivity contribution in [2.45, 2.75) is 6.92 Å². The molecule has 0 radical (unpaired) electrons. The highest BCUT2D eigenvalue weighted by Crippen LogP contribution is 2.20. The number of furan rings is 1. The molecule has 1 fully saturated rings. The monoisotopic (exact) mass is 347 g/mol. The molecule has 1 aromatic carbocycles. The Morgan fingerprint density at radius 1 is 1.33 bits per heavy atom. The van der Waals surface area contributed by atoms with Gasteiger partial charge in [-0.15, -0.1) is 0 Å². The van der Waals surface area contributed by atoms with Crippen LogP contribution in [-0.2, 0) is 4.74 Å². The van der Waals surface area contributed by atoms with Gasteiger partial charge in [0.2, 0.25) is 0 Å². The molecule has 0 spiro atoms. The molecular formula is C17H18ClN3O3. The van der Waals surface area contributed by atoms with Gasteiger partial charge >= 0.3 is 0 Å². The average Bonchev–Trinajstić information content (AvgIpc) is 3.02. The van der Waals surface area contributed by atoms with E-state index in [0.29, 0.717) is 35.2 Å². The van der Waals surface area contributed by atoms with E-state index in [-0.39, 0.29) is 5.91 Å². The van der Waals surface area contributed by atoms with Gasteiger partial charge in [0, 0.05) is 16.3 Å². The van der Waals surface area contributed by atoms with Crippen LogP contribution in [0.1, 0.15) is 21.7 Å². The third-order valence-electron chi connectivity index (χ3n) is 3.70. The number of morpholine rings is 1. The number of rotatable bonds is 4. The highest BCUT2D eigenvalue weighted by Gasteiger charge is 2.12. The third-order valence-corrected chi connectivity index (χ3v) is 4.05. The summed E-state index contributed by atoms with van der Waals surface area (Å²) in [5, 5.41) is 9.76. The van der Waals surface area contributed by atoms with Gasteiger partial charge in [-0.1, -0.05) is 11.6 Å². The topological polar surface area (TPSA) is 67.1 Å². The Morgan fingerprint density at radius 3 is 2.83 bits per heavy atom. The van der Waals surface area contributed by atoms with E-state index in [1.54, 1.807) is 37.4 Å². The molecule has 0 bridgehead atoms. The van der Waals surface area contributed by atoms with Gasteiger partial charge in [0.25, 0.3) is 5.91 Å². The van der Waals surface area contributed by atoms with Crippen molar-refractivity contribution >= 4 is 29.4 Å². The standard InChI is InChI=1S/C17H18ClN3O3/c1-12-15(4-7-24-12)17(22)20-14-2-3-16(18)13(10-14)11-19-21-5-8-23-9-6-21/h2-4,7,10-11H,5-6,8-9H2,1H3,(H,20,22). The van der Waals surface area contributed by atoms with Crippen molar-refractivity contribution < 1.29 is 13.9 Å². The number of benzene rings is 1. The average molecular weight is 348 g/mol. The van der Waals surface area contributed by atoms with E-state index < -0.39 is 0 Å². The normalized spacial score (nSPS) is 15.0. The number of hydrogen-bond donors (Lipinski definition) is 1. The maximum absolute atomic E-state index is 12.2. The minimum Gasteiger partial charge on any atom is -0.469 e. The SMILES string of the molecule is Cc1occc1C(=O)Nc1ccc(Cl)c(C=NN2CCOCC2)c1. The number of carbonyl (C=O) groups excluding carboxylic acids is 1. The van der Waals surface area contributed by atoms with Crippen LogP contribution in [0.15, 0.2) is 40.0 Å². The van der Waals surface area contributed by atoms with Crippen LogP contribution in [0.25, 0.3) is 0 Å². The van der Waals surface area contributed by atoms with Crippen molar-refractivity contribution in [1.29, 1.82) is 0 Å². The molecule has 1 saturated heterocycles. The van der Waals surface area contributed by atoms with Crippen LogP contribution in [0.2, 0.25) is 5.02 Å². The maximum atomic E-state index is 12.2. The summed E-state index contributed by atoms with van der Waals surface area (Å²) in [5.74, 6) is 0.357. The zero-order valence-corrected chi connectivity index (χ0v) is 14.0. The Morgan fingerprint density at radius 2 is 2.12 bits per heavy atom. The Bertz CT molecular complexity index is 751. The smallest absolute Gasteiger partial charge is 0.259 e. The Balaban J connectivity index is 1.72. The first kappa shape index (κ1) is 16.5. The van der Waals surface area contributed by atoms with Crippen LogP contribution >= 0.6 is 11.6 Å². The highest BCUT2D eigenvalue weighted by atomic mass is 35.5. The fraction of sp³-hybridized carbons (Fsp3) is 0.294. The molecule has 2 heterocycles. The molecule has 1 N–H and O–H groups in total. The van der Waals surface area contributed by atoms with Gasteiger partial charge in [-0.05, 0) is 31.2 Å². The molecule has 1 amide bonds. The zero-order chi connectivity index (χ0) is 16.9. The number of hydrogen-bond acceptors (Lipinski definition) is 5. The third kappa shape index (κ3) is 3.96. The van der Waals surface area contributed by atoms with Crippen LogP contribution in [-0.4, -0.2) is 43.4 Å². The van der Waals surface area contributed by atoms with Crippen LogP contribution in [0, 0.1) is 6.92 Å². The largest absolute Gasteiger partial charge is 0.469 e. The lowest BCUT2D eigenvalue weighted by molar-refractivity contribution is 0.0397. The summed E-state index contributed by atoms with van der Waals surface area (Å²) < 4.78 is 10.4. The van der Waals surface area contributed by atoms with Gasteiger partial charge in [0.1, 0.15) is 5.76 Å². The molecule has 0 atom stereocenters. The first-order chi connectivity index (χ1) is 11.6. The Labute approximate surface area is 145 Å². The number of halogens is 1. The van der Waals surface area contributed by atoms with E-state index >= 15 is 0 Å². The van der Waals surface area contributed by atoms with Gasteiger partial charge in [-0.25, -0.2) is 0 Å². The molecule has 126 valence electrons. The van der Waals surface area contributed by atoms with Gasteiger partial charge in [-0.2, -0.15) is 5.10 Å².